The maximum Gasteiger partial charge on any atom is 0.253 e. The molecule has 0 aliphatic heterocycles. The van der Waals surface area contributed by atoms with Gasteiger partial charge < -0.3 is 15.2 Å². The molecule has 5 nitrogen and oxygen atoms in total. The minimum absolute atomic E-state index is 0.107. The molecule has 0 radical (unpaired) electrons. The van der Waals surface area contributed by atoms with Gasteiger partial charge in [-0.1, -0.05) is 15.9 Å². The summed E-state index contributed by atoms with van der Waals surface area (Å²) < 4.78 is 6.53. The van der Waals surface area contributed by atoms with Crippen LogP contribution in [0.5, 0.6) is 11.6 Å². The lowest BCUT2D eigenvalue weighted by Crippen LogP contribution is -2.34. The number of aliphatic hydroxyl groups excluding tert-OH is 1. The highest BCUT2D eigenvalue weighted by Crippen LogP contribution is 2.21. The predicted octanol–water partition coefficient (Wildman–Crippen LogP) is 2.75. The Hall–Kier alpha value is -1.92. The molecule has 1 amide bonds. The summed E-state index contributed by atoms with van der Waals surface area (Å²) in [5.41, 5.74) is 0.415. The van der Waals surface area contributed by atoms with Crippen LogP contribution in [0.15, 0.2) is 47.1 Å². The molecular weight excluding hydrogens is 336 g/mol. The molecule has 0 bridgehead atoms. The van der Waals surface area contributed by atoms with Gasteiger partial charge in [0.15, 0.2) is 0 Å². The number of carbonyl (C=O) groups is 1. The number of hydrogen-bond donors (Lipinski definition) is 2. The van der Waals surface area contributed by atoms with Crippen LogP contribution in [0.25, 0.3) is 0 Å². The molecule has 1 atom stereocenters. The lowest BCUT2D eigenvalue weighted by Gasteiger charge is -2.10. The quantitative estimate of drug-likeness (QED) is 0.869. The second-order valence-corrected chi connectivity index (χ2v) is 5.41. The fraction of sp³-hybridized carbons (Fsp3) is 0.200. The van der Waals surface area contributed by atoms with Gasteiger partial charge in [-0.15, -0.1) is 0 Å². The normalized spacial score (nSPS) is 11.8. The average Bonchev–Trinajstić information content (AvgIpc) is 2.50. The summed E-state index contributed by atoms with van der Waals surface area (Å²) >= 11 is 3.35. The number of aromatic nitrogens is 1. The van der Waals surface area contributed by atoms with Gasteiger partial charge in [-0.25, -0.2) is 4.98 Å². The molecule has 1 heterocycles. The van der Waals surface area contributed by atoms with Crippen molar-refractivity contribution >= 4 is 21.8 Å². The zero-order valence-corrected chi connectivity index (χ0v) is 13.0. The van der Waals surface area contributed by atoms with Crippen LogP contribution in [-0.2, 0) is 0 Å². The van der Waals surface area contributed by atoms with Gasteiger partial charge in [0, 0.05) is 22.8 Å². The average molecular weight is 351 g/mol. The van der Waals surface area contributed by atoms with Crippen LogP contribution in [0.3, 0.4) is 0 Å². The molecule has 2 rings (SSSR count). The van der Waals surface area contributed by atoms with E-state index in [1.165, 1.54) is 6.20 Å². The molecule has 0 saturated heterocycles. The van der Waals surface area contributed by atoms with Crippen molar-refractivity contribution in [3.8, 4) is 11.6 Å². The minimum Gasteiger partial charge on any atom is -0.439 e. The molecule has 1 aromatic carbocycles. The third kappa shape index (κ3) is 4.54. The number of carbonyl (C=O) groups excluding carboxylic acids is 1. The summed E-state index contributed by atoms with van der Waals surface area (Å²) in [5, 5.41) is 11.6. The van der Waals surface area contributed by atoms with Crippen molar-refractivity contribution in [2.75, 3.05) is 6.61 Å². The molecule has 2 aromatic rings. The molecule has 2 N–H and O–H groups in total. The number of nitrogens with one attached hydrogen (secondary N) is 1. The lowest BCUT2D eigenvalue weighted by molar-refractivity contribution is 0.0922. The van der Waals surface area contributed by atoms with E-state index in [1.54, 1.807) is 19.1 Å². The van der Waals surface area contributed by atoms with E-state index in [-0.39, 0.29) is 18.6 Å². The van der Waals surface area contributed by atoms with Crippen molar-refractivity contribution in [1.82, 2.24) is 10.3 Å². The van der Waals surface area contributed by atoms with Crippen molar-refractivity contribution in [1.29, 1.82) is 0 Å². The van der Waals surface area contributed by atoms with Crippen molar-refractivity contribution in [3.63, 3.8) is 0 Å². The monoisotopic (exact) mass is 350 g/mol. The van der Waals surface area contributed by atoms with Crippen molar-refractivity contribution in [2.45, 2.75) is 13.0 Å². The molecule has 0 spiro atoms. The molecule has 0 aliphatic carbocycles. The molecule has 0 aliphatic rings. The predicted molar refractivity (Wildman–Crippen MR) is 82.5 cm³/mol. The molecule has 0 fully saturated rings. The number of rotatable bonds is 5. The standard InChI is InChI=1S/C15H15BrN2O3/c1-10(9-19)18-15(20)11-2-7-14(17-8-11)21-13-5-3-12(16)4-6-13/h2-8,10,19H,9H2,1H3,(H,18,20)/t10-/m1/s1. The van der Waals surface area contributed by atoms with Crippen LogP contribution < -0.4 is 10.1 Å². The Labute approximate surface area is 131 Å². The molecule has 21 heavy (non-hydrogen) atoms. The van der Waals surface area contributed by atoms with Crippen LogP contribution in [0.4, 0.5) is 0 Å². The van der Waals surface area contributed by atoms with E-state index in [0.29, 0.717) is 17.2 Å². The van der Waals surface area contributed by atoms with E-state index in [1.807, 2.05) is 24.3 Å². The first-order valence-electron chi connectivity index (χ1n) is 6.39. The highest BCUT2D eigenvalue weighted by atomic mass is 79.9. The van der Waals surface area contributed by atoms with E-state index < -0.39 is 0 Å². The van der Waals surface area contributed by atoms with E-state index in [4.69, 9.17) is 9.84 Å². The minimum atomic E-state index is -0.295. The smallest absolute Gasteiger partial charge is 0.253 e. The third-order valence-electron chi connectivity index (χ3n) is 2.69. The number of benzene rings is 1. The van der Waals surface area contributed by atoms with Crippen molar-refractivity contribution in [3.05, 3.63) is 52.6 Å². The fourth-order valence-corrected chi connectivity index (χ4v) is 1.82. The number of hydrogen-bond acceptors (Lipinski definition) is 4. The van der Waals surface area contributed by atoms with Crippen LogP contribution in [0.2, 0.25) is 0 Å². The van der Waals surface area contributed by atoms with Gasteiger partial charge in [-0.2, -0.15) is 0 Å². The van der Waals surface area contributed by atoms with E-state index in [0.717, 1.165) is 4.47 Å². The van der Waals surface area contributed by atoms with Crippen LogP contribution in [0.1, 0.15) is 17.3 Å². The summed E-state index contributed by atoms with van der Waals surface area (Å²) in [6.45, 7) is 1.61. The zero-order chi connectivity index (χ0) is 15.2. The Morgan fingerprint density at radius 2 is 2.05 bits per heavy atom. The molecular formula is C15H15BrN2O3. The summed E-state index contributed by atoms with van der Waals surface area (Å²) in [5.74, 6) is 0.792. The number of ether oxygens (including phenoxy) is 1. The van der Waals surface area contributed by atoms with Crippen molar-refractivity contribution in [2.24, 2.45) is 0 Å². The molecule has 1 aromatic heterocycles. The first kappa shape index (κ1) is 15.5. The Bertz CT molecular complexity index is 599. The van der Waals surface area contributed by atoms with Gasteiger partial charge in [-0.05, 0) is 37.3 Å². The SMILES string of the molecule is C[C@H](CO)NC(=O)c1ccc(Oc2ccc(Br)cc2)nc1. The summed E-state index contributed by atoms with van der Waals surface area (Å²) in [6.07, 6.45) is 1.44. The highest BCUT2D eigenvalue weighted by molar-refractivity contribution is 9.10. The molecule has 0 saturated carbocycles. The summed E-state index contributed by atoms with van der Waals surface area (Å²) in [7, 11) is 0. The molecule has 110 valence electrons. The second kappa shape index (κ2) is 7.19. The molecule has 0 unspecified atom stereocenters. The topological polar surface area (TPSA) is 71.5 Å². The van der Waals surface area contributed by atoms with Crippen molar-refractivity contribution < 1.29 is 14.6 Å². The Kier molecular flexibility index (Phi) is 5.30. The number of halogens is 1. The number of aliphatic hydroxyl groups is 1. The number of nitrogens with zero attached hydrogens (tertiary/aromatic N) is 1. The van der Waals surface area contributed by atoms with E-state index >= 15 is 0 Å². The lowest BCUT2D eigenvalue weighted by atomic mass is 10.2. The van der Waals surface area contributed by atoms with Gasteiger partial charge in [0.2, 0.25) is 5.88 Å². The van der Waals surface area contributed by atoms with Gasteiger partial charge in [0.25, 0.3) is 5.91 Å². The Morgan fingerprint density at radius 3 is 2.62 bits per heavy atom. The third-order valence-corrected chi connectivity index (χ3v) is 3.21. The molecule has 6 heteroatoms. The van der Waals surface area contributed by atoms with E-state index in [2.05, 4.69) is 26.2 Å². The maximum atomic E-state index is 11.8. The van der Waals surface area contributed by atoms with Gasteiger partial charge in [0.05, 0.1) is 12.2 Å². The summed E-state index contributed by atoms with van der Waals surface area (Å²) in [4.78, 5) is 15.9. The zero-order valence-electron chi connectivity index (χ0n) is 11.4. The summed E-state index contributed by atoms with van der Waals surface area (Å²) in [6, 6.07) is 10.3. The largest absolute Gasteiger partial charge is 0.439 e. The van der Waals surface area contributed by atoms with E-state index in [9.17, 15) is 4.79 Å². The Balaban J connectivity index is 2.01. The maximum absolute atomic E-state index is 11.8. The Morgan fingerprint density at radius 1 is 1.33 bits per heavy atom. The first-order chi connectivity index (χ1) is 10.1. The van der Waals surface area contributed by atoms with Gasteiger partial charge >= 0.3 is 0 Å². The van der Waals surface area contributed by atoms with Crippen LogP contribution >= 0.6 is 15.9 Å². The fourth-order valence-electron chi connectivity index (χ4n) is 1.55. The number of amides is 1. The van der Waals surface area contributed by atoms with Gasteiger partial charge in [0.1, 0.15) is 5.75 Å². The van der Waals surface area contributed by atoms with Crippen LogP contribution in [0, 0.1) is 0 Å². The van der Waals surface area contributed by atoms with Crippen LogP contribution in [-0.4, -0.2) is 28.6 Å². The highest BCUT2D eigenvalue weighted by Gasteiger charge is 2.09. The second-order valence-electron chi connectivity index (χ2n) is 4.50. The van der Waals surface area contributed by atoms with Gasteiger partial charge in [-0.3, -0.25) is 4.79 Å². The number of pyridine rings is 1. The first-order valence-corrected chi connectivity index (χ1v) is 7.19.